The minimum absolute atomic E-state index is 0.593. The molecule has 9 aromatic rings. The third-order valence-corrected chi connectivity index (χ3v) is 9.47. The van der Waals surface area contributed by atoms with Crippen molar-refractivity contribution in [3.63, 3.8) is 0 Å². The molecule has 0 saturated carbocycles. The molecule has 5 heterocycles. The van der Waals surface area contributed by atoms with Crippen molar-refractivity contribution < 1.29 is 0 Å². The Morgan fingerprint density at radius 2 is 1.11 bits per heavy atom. The maximum Gasteiger partial charge on any atom is 0.164 e. The number of aromatic nitrogens is 6. The Labute approximate surface area is 268 Å². The standard InChI is InChI=1S/C39H24N6S/c1-2-7-25(8-3-1)34-24-28-13-14-33-35(36(28)46-34)31-11-4-5-12-32(31)45(33)30-10-6-9-29(23-30)39-43-37(26-15-19-40-20-16-26)42-38(44-39)27-17-21-41-22-18-27/h1-24H. The molecule has 46 heavy (non-hydrogen) atoms. The van der Waals surface area contributed by atoms with E-state index in [1.165, 1.54) is 31.3 Å². The monoisotopic (exact) mass is 608 g/mol. The van der Waals surface area contributed by atoms with Gasteiger partial charge >= 0.3 is 0 Å². The fourth-order valence-corrected chi connectivity index (χ4v) is 7.34. The molecule has 216 valence electrons. The maximum atomic E-state index is 4.95. The van der Waals surface area contributed by atoms with E-state index < -0.39 is 0 Å². The van der Waals surface area contributed by atoms with Crippen LogP contribution in [0.15, 0.2) is 146 Å². The van der Waals surface area contributed by atoms with Crippen LogP contribution < -0.4 is 0 Å². The minimum atomic E-state index is 0.593. The first-order valence-electron chi connectivity index (χ1n) is 15.0. The van der Waals surface area contributed by atoms with Gasteiger partial charge in [-0.05, 0) is 65.5 Å². The van der Waals surface area contributed by atoms with Crippen molar-refractivity contribution in [2.75, 3.05) is 0 Å². The molecular formula is C39H24N6S. The van der Waals surface area contributed by atoms with Crippen molar-refractivity contribution >= 4 is 43.2 Å². The maximum absolute atomic E-state index is 4.95. The second-order valence-corrected chi connectivity index (χ2v) is 12.1. The SMILES string of the molecule is c1ccc(-c2cc3ccc4c(c5ccccc5n4-c4cccc(-c5nc(-c6ccncc6)nc(-c6ccncc6)n5)c4)c3s2)cc1. The van der Waals surface area contributed by atoms with Crippen LogP contribution in [0.3, 0.4) is 0 Å². The summed E-state index contributed by atoms with van der Waals surface area (Å²) >= 11 is 1.85. The molecule has 0 atom stereocenters. The molecule has 0 bridgehead atoms. The third-order valence-electron chi connectivity index (χ3n) is 8.25. The fourth-order valence-electron chi connectivity index (χ4n) is 6.12. The molecule has 4 aromatic carbocycles. The Hall–Kier alpha value is -6.05. The highest BCUT2D eigenvalue weighted by Crippen LogP contribution is 2.43. The van der Waals surface area contributed by atoms with Gasteiger partial charge in [0.25, 0.3) is 0 Å². The Morgan fingerprint density at radius 3 is 1.83 bits per heavy atom. The number of para-hydroxylation sites is 1. The molecule has 0 saturated heterocycles. The Balaban J connectivity index is 1.24. The van der Waals surface area contributed by atoms with Gasteiger partial charge in [-0.15, -0.1) is 11.3 Å². The summed E-state index contributed by atoms with van der Waals surface area (Å²) in [6, 6.07) is 42.2. The average Bonchev–Trinajstić information content (AvgIpc) is 3.72. The van der Waals surface area contributed by atoms with Crippen LogP contribution in [0.4, 0.5) is 0 Å². The predicted molar refractivity (Wildman–Crippen MR) is 187 cm³/mol. The van der Waals surface area contributed by atoms with Crippen LogP contribution in [0.2, 0.25) is 0 Å². The van der Waals surface area contributed by atoms with Gasteiger partial charge in [0.2, 0.25) is 0 Å². The zero-order valence-corrected chi connectivity index (χ0v) is 25.3. The summed E-state index contributed by atoms with van der Waals surface area (Å²) in [5.74, 6) is 1.79. The summed E-state index contributed by atoms with van der Waals surface area (Å²) in [6.45, 7) is 0. The predicted octanol–water partition coefficient (Wildman–Crippen LogP) is 9.64. The smallest absolute Gasteiger partial charge is 0.164 e. The molecule has 0 aliphatic rings. The van der Waals surface area contributed by atoms with E-state index >= 15 is 0 Å². The summed E-state index contributed by atoms with van der Waals surface area (Å²) in [6.07, 6.45) is 7.00. The largest absolute Gasteiger partial charge is 0.309 e. The van der Waals surface area contributed by atoms with Crippen molar-refractivity contribution in [2.45, 2.75) is 0 Å². The second kappa shape index (κ2) is 10.8. The van der Waals surface area contributed by atoms with Gasteiger partial charge < -0.3 is 4.57 Å². The molecule has 0 radical (unpaired) electrons. The first-order valence-corrected chi connectivity index (χ1v) is 15.8. The first-order chi connectivity index (χ1) is 22.8. The van der Waals surface area contributed by atoms with Crippen LogP contribution in [0.1, 0.15) is 0 Å². The van der Waals surface area contributed by atoms with Crippen molar-refractivity contribution in [3.05, 3.63) is 146 Å². The van der Waals surface area contributed by atoms with Crippen LogP contribution in [0.5, 0.6) is 0 Å². The van der Waals surface area contributed by atoms with Crippen LogP contribution in [0, 0.1) is 0 Å². The normalized spacial score (nSPS) is 11.5. The average molecular weight is 609 g/mol. The zero-order valence-electron chi connectivity index (χ0n) is 24.4. The summed E-state index contributed by atoms with van der Waals surface area (Å²) < 4.78 is 3.65. The number of fused-ring (bicyclic) bond motifs is 5. The van der Waals surface area contributed by atoms with Gasteiger partial charge in [-0.2, -0.15) is 0 Å². The van der Waals surface area contributed by atoms with E-state index in [2.05, 4.69) is 112 Å². The highest BCUT2D eigenvalue weighted by atomic mass is 32.1. The van der Waals surface area contributed by atoms with E-state index in [1.54, 1.807) is 24.8 Å². The Kier molecular flexibility index (Phi) is 6.21. The molecular weight excluding hydrogens is 585 g/mol. The van der Waals surface area contributed by atoms with Gasteiger partial charge in [-0.3, -0.25) is 9.97 Å². The highest BCUT2D eigenvalue weighted by molar-refractivity contribution is 7.23. The highest BCUT2D eigenvalue weighted by Gasteiger charge is 2.18. The van der Waals surface area contributed by atoms with Crippen LogP contribution in [0.25, 0.3) is 82.2 Å². The summed E-state index contributed by atoms with van der Waals surface area (Å²) in [7, 11) is 0. The van der Waals surface area contributed by atoms with Gasteiger partial charge in [0, 0.05) is 67.5 Å². The van der Waals surface area contributed by atoms with E-state index in [0.29, 0.717) is 17.5 Å². The molecule has 5 aromatic heterocycles. The molecule has 0 aliphatic heterocycles. The van der Waals surface area contributed by atoms with Crippen LogP contribution in [-0.2, 0) is 0 Å². The molecule has 0 unspecified atom stereocenters. The lowest BCUT2D eigenvalue weighted by atomic mass is 10.1. The zero-order chi connectivity index (χ0) is 30.5. The molecule has 0 spiro atoms. The van der Waals surface area contributed by atoms with Gasteiger partial charge in [0.05, 0.1) is 11.0 Å². The lowest BCUT2D eigenvalue weighted by Gasteiger charge is -2.11. The molecule has 0 aliphatic carbocycles. The summed E-state index contributed by atoms with van der Waals surface area (Å²) in [5, 5.41) is 3.76. The Morgan fingerprint density at radius 1 is 0.478 bits per heavy atom. The number of benzene rings is 4. The number of thiophene rings is 1. The topological polar surface area (TPSA) is 69.4 Å². The minimum Gasteiger partial charge on any atom is -0.309 e. The number of hydrogen-bond acceptors (Lipinski definition) is 6. The summed E-state index contributed by atoms with van der Waals surface area (Å²) in [5.41, 5.74) is 7.26. The van der Waals surface area contributed by atoms with Gasteiger partial charge in [-0.1, -0.05) is 66.7 Å². The van der Waals surface area contributed by atoms with Crippen molar-refractivity contribution in [1.29, 1.82) is 0 Å². The lowest BCUT2D eigenvalue weighted by Crippen LogP contribution is -2.01. The second-order valence-electron chi connectivity index (χ2n) is 11.0. The van der Waals surface area contributed by atoms with Crippen molar-refractivity contribution in [2.24, 2.45) is 0 Å². The molecule has 7 heteroatoms. The number of nitrogens with zero attached hydrogens (tertiary/aromatic N) is 6. The number of rotatable bonds is 5. The van der Waals surface area contributed by atoms with Gasteiger partial charge in [-0.25, -0.2) is 15.0 Å². The third kappa shape index (κ3) is 4.45. The lowest BCUT2D eigenvalue weighted by molar-refractivity contribution is 1.07. The number of hydrogen-bond donors (Lipinski definition) is 0. The molecule has 0 fully saturated rings. The van der Waals surface area contributed by atoms with Crippen molar-refractivity contribution in [3.8, 4) is 50.3 Å². The fraction of sp³-hybridized carbons (Fsp3) is 0. The van der Waals surface area contributed by atoms with E-state index in [1.807, 2.05) is 35.6 Å². The van der Waals surface area contributed by atoms with Crippen LogP contribution in [-0.4, -0.2) is 29.5 Å². The van der Waals surface area contributed by atoms with Gasteiger partial charge in [0.1, 0.15) is 0 Å². The Bertz CT molecular complexity index is 2460. The molecule has 0 N–H and O–H groups in total. The molecule has 0 amide bonds. The molecule has 9 rings (SSSR count). The van der Waals surface area contributed by atoms with Gasteiger partial charge in [0.15, 0.2) is 17.5 Å². The summed E-state index contributed by atoms with van der Waals surface area (Å²) in [4.78, 5) is 24.3. The van der Waals surface area contributed by atoms with E-state index in [9.17, 15) is 0 Å². The van der Waals surface area contributed by atoms with E-state index in [0.717, 1.165) is 33.4 Å². The van der Waals surface area contributed by atoms with Crippen molar-refractivity contribution in [1.82, 2.24) is 29.5 Å². The van der Waals surface area contributed by atoms with E-state index in [4.69, 9.17) is 15.0 Å². The number of pyridine rings is 2. The van der Waals surface area contributed by atoms with E-state index in [-0.39, 0.29) is 0 Å². The molecule has 6 nitrogen and oxygen atoms in total. The van der Waals surface area contributed by atoms with Crippen LogP contribution >= 0.6 is 11.3 Å². The first kappa shape index (κ1) is 26.4. The quantitative estimate of drug-likeness (QED) is 0.195.